The Morgan fingerprint density at radius 2 is 1.61 bits per heavy atom. The predicted molar refractivity (Wildman–Crippen MR) is 206 cm³/mol. The van der Waals surface area contributed by atoms with E-state index >= 15 is 0 Å². The number of Topliss-reactive ketones (excluding diaryl/α,β-unsaturated/α-hetero) is 1. The van der Waals surface area contributed by atoms with Gasteiger partial charge in [0.05, 0.1) is 34.4 Å². The van der Waals surface area contributed by atoms with Crippen LogP contribution in [0, 0.1) is 35.0 Å². The van der Waals surface area contributed by atoms with Gasteiger partial charge in [-0.15, -0.1) is 0 Å². The molecule has 2 aromatic rings. The smallest absolute Gasteiger partial charge is 0.243 e. The van der Waals surface area contributed by atoms with Crippen molar-refractivity contribution >= 4 is 33.3 Å². The second kappa shape index (κ2) is 19.5. The number of ketones is 1. The zero-order chi connectivity index (χ0) is 39.6. The lowest BCUT2D eigenvalue weighted by Crippen LogP contribution is -2.57. The molecule has 6 N–H and O–H groups in total. The van der Waals surface area contributed by atoms with Crippen LogP contribution >= 0.6 is 0 Å². The average molecular weight is 764 g/mol. The molecule has 0 spiro atoms. The molecule has 2 aliphatic rings. The largest absolute Gasteiger partial charge is 0.390 e. The van der Waals surface area contributed by atoms with Gasteiger partial charge in [-0.05, 0) is 59.9 Å². The zero-order valence-electron chi connectivity index (χ0n) is 31.9. The van der Waals surface area contributed by atoms with Crippen molar-refractivity contribution in [1.29, 1.82) is 5.26 Å². The first-order chi connectivity index (χ1) is 25.6. The number of nitrogens with zero attached hydrogens (tertiary/aromatic N) is 1. The van der Waals surface area contributed by atoms with E-state index in [1.807, 2.05) is 64.1 Å². The number of hydrogen-bond donors (Lipinski definition) is 5. The number of hydrogen-bond acceptors (Lipinski definition) is 9. The van der Waals surface area contributed by atoms with Crippen LogP contribution in [0.4, 0.5) is 0 Å². The molecule has 0 bridgehead atoms. The monoisotopic (exact) mass is 763 g/mol. The molecule has 3 amide bonds. The maximum absolute atomic E-state index is 14.6. The van der Waals surface area contributed by atoms with Crippen molar-refractivity contribution in [3.63, 3.8) is 0 Å². The van der Waals surface area contributed by atoms with Crippen molar-refractivity contribution in [2.24, 2.45) is 29.4 Å². The van der Waals surface area contributed by atoms with Crippen LogP contribution in [0.25, 0.3) is 0 Å². The minimum Gasteiger partial charge on any atom is -0.390 e. The number of benzene rings is 2. The molecule has 13 heteroatoms. The first-order valence-corrected chi connectivity index (χ1v) is 20.9. The van der Waals surface area contributed by atoms with Crippen molar-refractivity contribution in [2.45, 2.75) is 121 Å². The van der Waals surface area contributed by atoms with Gasteiger partial charge in [0, 0.05) is 31.2 Å². The number of rotatable bonds is 18. The summed E-state index contributed by atoms with van der Waals surface area (Å²) in [4.78, 5) is 55.5. The highest BCUT2D eigenvalue weighted by Gasteiger charge is 2.41. The second-order valence-corrected chi connectivity index (χ2v) is 18.0. The molecule has 12 nitrogen and oxygen atoms in total. The Bertz CT molecular complexity index is 1770. The van der Waals surface area contributed by atoms with E-state index in [2.05, 4.69) is 16.0 Å². The van der Waals surface area contributed by atoms with Gasteiger partial charge in [-0.25, -0.2) is 8.42 Å². The minimum absolute atomic E-state index is 0.0420. The Kier molecular flexibility index (Phi) is 15.4. The summed E-state index contributed by atoms with van der Waals surface area (Å²) in [5, 5.41) is 29.5. The maximum atomic E-state index is 14.6. The molecule has 1 aliphatic heterocycles. The summed E-state index contributed by atoms with van der Waals surface area (Å²) in [5.41, 5.74) is 7.74. The SMILES string of the molecule is CC(C)CNC(=O)C(N)[C@@H](O)[C@H](CC1CCCCC1)C(=O)[C@H](CC(C)C)NC(=O)[C@H](Cc1ccccc1)NC(=O)CC1CS(=O)(=O)c2ccc(C#N)cc21. The number of nitriles is 1. The Hall–Kier alpha value is -4.12. The molecule has 294 valence electrons. The van der Waals surface area contributed by atoms with E-state index in [0.717, 1.165) is 37.7 Å². The van der Waals surface area contributed by atoms with E-state index in [4.69, 9.17) is 5.73 Å². The van der Waals surface area contributed by atoms with Gasteiger partial charge in [0.1, 0.15) is 12.1 Å². The van der Waals surface area contributed by atoms with Gasteiger partial charge in [-0.1, -0.05) is 90.1 Å². The first-order valence-electron chi connectivity index (χ1n) is 19.2. The molecule has 2 unspecified atom stereocenters. The van der Waals surface area contributed by atoms with Crippen molar-refractivity contribution in [3.8, 4) is 6.07 Å². The van der Waals surface area contributed by atoms with Crippen molar-refractivity contribution in [2.75, 3.05) is 12.3 Å². The Morgan fingerprint density at radius 1 is 0.926 bits per heavy atom. The van der Waals surface area contributed by atoms with Crippen LogP contribution in [-0.4, -0.2) is 73.6 Å². The summed E-state index contributed by atoms with van der Waals surface area (Å²) in [7, 11) is -3.66. The molecule has 0 saturated heterocycles. The van der Waals surface area contributed by atoms with Gasteiger partial charge >= 0.3 is 0 Å². The summed E-state index contributed by atoms with van der Waals surface area (Å²) in [5.74, 6) is -3.87. The van der Waals surface area contributed by atoms with Crippen molar-refractivity contribution in [1.82, 2.24) is 16.0 Å². The topological polar surface area (TPSA) is 209 Å². The number of aliphatic hydroxyl groups excluding tert-OH is 1. The fourth-order valence-corrected chi connectivity index (χ4v) is 9.52. The molecule has 0 aromatic heterocycles. The van der Waals surface area contributed by atoms with Crippen molar-refractivity contribution in [3.05, 3.63) is 65.2 Å². The number of aliphatic hydroxyl groups is 1. The van der Waals surface area contributed by atoms with Gasteiger partial charge in [0.25, 0.3) is 0 Å². The lowest BCUT2D eigenvalue weighted by Gasteiger charge is -2.34. The Balaban J connectivity index is 1.58. The Labute approximate surface area is 320 Å². The fraction of sp³-hybridized carbons (Fsp3) is 0.585. The van der Waals surface area contributed by atoms with Crippen LogP contribution in [-0.2, 0) is 35.4 Å². The highest BCUT2D eigenvalue weighted by molar-refractivity contribution is 7.91. The van der Waals surface area contributed by atoms with Gasteiger partial charge < -0.3 is 26.8 Å². The highest BCUT2D eigenvalue weighted by atomic mass is 32.2. The third-order valence-electron chi connectivity index (χ3n) is 10.5. The summed E-state index contributed by atoms with van der Waals surface area (Å²) in [6.07, 6.45) is 3.85. The number of carbonyl (C=O) groups excluding carboxylic acids is 4. The van der Waals surface area contributed by atoms with Gasteiger partial charge in [0.2, 0.25) is 17.7 Å². The second-order valence-electron chi connectivity index (χ2n) is 16.0. The van der Waals surface area contributed by atoms with Crippen LogP contribution in [0.15, 0.2) is 53.4 Å². The Morgan fingerprint density at radius 3 is 2.24 bits per heavy atom. The molecular formula is C41H57N5O7S. The van der Waals surface area contributed by atoms with Gasteiger partial charge in [-0.3, -0.25) is 19.2 Å². The number of amides is 3. The molecule has 6 atom stereocenters. The molecule has 1 saturated carbocycles. The number of fused-ring (bicyclic) bond motifs is 1. The molecule has 0 radical (unpaired) electrons. The van der Waals surface area contributed by atoms with E-state index in [1.165, 1.54) is 18.2 Å². The molecule has 1 heterocycles. The lowest BCUT2D eigenvalue weighted by molar-refractivity contribution is -0.137. The van der Waals surface area contributed by atoms with Gasteiger partial charge in [0.15, 0.2) is 15.6 Å². The molecular weight excluding hydrogens is 707 g/mol. The first kappa shape index (κ1) is 42.6. The van der Waals surface area contributed by atoms with E-state index in [1.54, 1.807) is 0 Å². The summed E-state index contributed by atoms with van der Waals surface area (Å²) < 4.78 is 25.8. The van der Waals surface area contributed by atoms with Crippen LogP contribution in [0.3, 0.4) is 0 Å². The third-order valence-corrected chi connectivity index (χ3v) is 12.4. The van der Waals surface area contributed by atoms with Crippen LogP contribution in [0.5, 0.6) is 0 Å². The minimum atomic E-state index is -3.66. The maximum Gasteiger partial charge on any atom is 0.243 e. The van der Waals surface area contributed by atoms with Crippen LogP contribution in [0.2, 0.25) is 0 Å². The van der Waals surface area contributed by atoms with E-state index in [9.17, 15) is 38.0 Å². The number of carbonyl (C=O) groups is 4. The zero-order valence-corrected chi connectivity index (χ0v) is 32.7. The summed E-state index contributed by atoms with van der Waals surface area (Å²) in [6, 6.07) is 11.9. The predicted octanol–water partition coefficient (Wildman–Crippen LogP) is 3.69. The van der Waals surface area contributed by atoms with E-state index < -0.39 is 69.4 Å². The molecule has 4 rings (SSSR count). The fourth-order valence-electron chi connectivity index (χ4n) is 7.65. The van der Waals surface area contributed by atoms with Crippen molar-refractivity contribution < 1.29 is 32.7 Å². The standard InChI is InChI=1S/C41H57N5O7S/c1-25(2)17-33(38(48)32(18-27-11-7-5-8-12-27)39(49)37(43)41(51)44-23-26(3)4)46-40(50)34(20-28-13-9-6-10-14-28)45-36(47)21-30-24-54(52,53)35-16-15-29(22-42)19-31(30)35/h6,9-10,13-16,19,25-27,30,32-34,37,39,49H,5,7-8,11-12,17-18,20-21,23-24,43H2,1-4H3,(H,44,51)(H,45,47)(H,46,50)/t30?,32-,33+,34+,37?,39+/m1/s1. The number of nitrogens with one attached hydrogen (secondary N) is 3. The van der Waals surface area contributed by atoms with E-state index in [0.29, 0.717) is 18.5 Å². The molecule has 1 aliphatic carbocycles. The summed E-state index contributed by atoms with van der Waals surface area (Å²) >= 11 is 0. The van der Waals surface area contributed by atoms with E-state index in [-0.39, 0.29) is 53.2 Å². The lowest BCUT2D eigenvalue weighted by atomic mass is 9.76. The summed E-state index contributed by atoms with van der Waals surface area (Å²) in [6.45, 7) is 8.07. The highest BCUT2D eigenvalue weighted by Crippen LogP contribution is 2.37. The molecule has 1 fully saturated rings. The normalized spacial score (nSPS) is 19.5. The van der Waals surface area contributed by atoms with Crippen LogP contribution in [0.1, 0.15) is 102 Å². The number of nitrogens with two attached hydrogens (primary N) is 1. The molecule has 54 heavy (non-hydrogen) atoms. The third kappa shape index (κ3) is 11.7. The van der Waals surface area contributed by atoms with Gasteiger partial charge in [-0.2, -0.15) is 5.26 Å². The average Bonchev–Trinajstić information content (AvgIpc) is 3.39. The quantitative estimate of drug-likeness (QED) is 0.150. The van der Waals surface area contributed by atoms with Crippen LogP contribution < -0.4 is 21.7 Å². The number of sulfone groups is 1. The molecule has 2 aromatic carbocycles.